The molecule has 19 heavy (non-hydrogen) atoms. The number of nitrogens with one attached hydrogen (secondary N) is 1. The summed E-state index contributed by atoms with van der Waals surface area (Å²) in [5.41, 5.74) is 5.43. The predicted octanol–water partition coefficient (Wildman–Crippen LogP) is 0.964. The largest absolute Gasteiger partial charge is 0.478 e. The van der Waals surface area contributed by atoms with E-state index in [9.17, 15) is 13.2 Å². The van der Waals surface area contributed by atoms with Gasteiger partial charge in [-0.3, -0.25) is 4.72 Å². The van der Waals surface area contributed by atoms with Crippen LogP contribution in [0.1, 0.15) is 24.2 Å². The number of nitrogens with zero attached hydrogens (tertiary/aromatic N) is 1. The lowest BCUT2D eigenvalue weighted by Gasteiger charge is -2.22. The lowest BCUT2D eigenvalue weighted by Crippen LogP contribution is -2.37. The fourth-order valence-electron chi connectivity index (χ4n) is 1.33. The van der Waals surface area contributed by atoms with Crippen LogP contribution in [0, 0.1) is 0 Å². The first-order valence-corrected chi connectivity index (χ1v) is 6.98. The number of aromatic carboxylic acids is 1. The second-order valence-electron chi connectivity index (χ2n) is 4.29. The van der Waals surface area contributed by atoms with E-state index >= 15 is 0 Å². The van der Waals surface area contributed by atoms with Gasteiger partial charge in [-0.2, -0.15) is 12.7 Å². The first-order valence-electron chi connectivity index (χ1n) is 5.54. The van der Waals surface area contributed by atoms with Gasteiger partial charge in [0.25, 0.3) is 0 Å². The number of benzene rings is 1. The summed E-state index contributed by atoms with van der Waals surface area (Å²) < 4.78 is 27.4. The number of rotatable bonds is 5. The van der Waals surface area contributed by atoms with Gasteiger partial charge in [-0.15, -0.1) is 0 Å². The van der Waals surface area contributed by atoms with E-state index in [0.29, 0.717) is 0 Å². The van der Waals surface area contributed by atoms with Crippen LogP contribution in [0.25, 0.3) is 0 Å². The number of carbonyl (C=O) groups is 1. The van der Waals surface area contributed by atoms with Crippen LogP contribution in [0.2, 0.25) is 0 Å². The smallest absolute Gasteiger partial charge is 0.337 e. The van der Waals surface area contributed by atoms with Crippen LogP contribution in [0.3, 0.4) is 0 Å². The molecule has 1 aromatic carbocycles. The van der Waals surface area contributed by atoms with E-state index in [1.807, 2.05) is 0 Å². The van der Waals surface area contributed by atoms with Crippen LogP contribution in [-0.2, 0) is 10.2 Å². The van der Waals surface area contributed by atoms with Gasteiger partial charge in [-0.05, 0) is 26.0 Å². The van der Waals surface area contributed by atoms with Gasteiger partial charge in [-0.1, -0.05) is 6.07 Å². The molecule has 0 heterocycles. The molecular weight excluding hydrogens is 270 g/mol. The summed E-state index contributed by atoms with van der Waals surface area (Å²) in [6.45, 7) is 3.44. The van der Waals surface area contributed by atoms with Crippen molar-refractivity contribution in [3.63, 3.8) is 0 Å². The molecule has 0 saturated carbocycles. The standard InChI is InChI=1S/C11H17N3O4S/c1-7(2)14(3)19(17,18)13-9-6-4-5-8(10(9)12)11(15)16/h4-7,13H,12H2,1-3H3,(H,15,16). The summed E-state index contributed by atoms with van der Waals surface area (Å²) in [5, 5.41) is 8.92. The van der Waals surface area contributed by atoms with Crippen molar-refractivity contribution in [3.05, 3.63) is 23.8 Å². The summed E-state index contributed by atoms with van der Waals surface area (Å²) in [6, 6.07) is 3.91. The quantitative estimate of drug-likeness (QED) is 0.698. The minimum absolute atomic E-state index is 0.0485. The van der Waals surface area contributed by atoms with Crippen molar-refractivity contribution >= 4 is 27.6 Å². The lowest BCUT2D eigenvalue weighted by atomic mass is 10.1. The van der Waals surface area contributed by atoms with Crippen LogP contribution in [-0.4, -0.2) is 36.9 Å². The van der Waals surface area contributed by atoms with Crippen LogP contribution in [0.5, 0.6) is 0 Å². The monoisotopic (exact) mass is 287 g/mol. The first kappa shape index (κ1) is 15.3. The molecule has 0 aliphatic carbocycles. The number of nitrogens with two attached hydrogens (primary N) is 1. The Labute approximate surface area is 112 Å². The van der Waals surface area contributed by atoms with E-state index in [1.165, 1.54) is 25.2 Å². The van der Waals surface area contributed by atoms with Gasteiger partial charge < -0.3 is 10.8 Å². The highest BCUT2D eigenvalue weighted by Crippen LogP contribution is 2.24. The number of para-hydroxylation sites is 1. The molecule has 0 fully saturated rings. The maximum absolute atomic E-state index is 12.0. The Morgan fingerprint density at radius 1 is 1.42 bits per heavy atom. The van der Waals surface area contributed by atoms with Crippen molar-refractivity contribution in [2.24, 2.45) is 0 Å². The van der Waals surface area contributed by atoms with Crippen molar-refractivity contribution in [1.82, 2.24) is 4.31 Å². The lowest BCUT2D eigenvalue weighted by molar-refractivity contribution is 0.0698. The second kappa shape index (κ2) is 5.45. The van der Waals surface area contributed by atoms with E-state index in [2.05, 4.69) is 4.72 Å². The molecule has 0 aliphatic heterocycles. The average Bonchev–Trinajstić information content (AvgIpc) is 2.30. The summed E-state index contributed by atoms with van der Waals surface area (Å²) in [5.74, 6) is -1.21. The van der Waals surface area contributed by atoms with Crippen molar-refractivity contribution in [3.8, 4) is 0 Å². The van der Waals surface area contributed by atoms with Crippen molar-refractivity contribution in [2.45, 2.75) is 19.9 Å². The highest BCUT2D eigenvalue weighted by atomic mass is 32.2. The molecule has 0 spiro atoms. The maximum atomic E-state index is 12.0. The highest BCUT2D eigenvalue weighted by molar-refractivity contribution is 7.90. The van der Waals surface area contributed by atoms with Gasteiger partial charge in [0.05, 0.1) is 16.9 Å². The van der Waals surface area contributed by atoms with Gasteiger partial charge in [0.2, 0.25) is 0 Å². The van der Waals surface area contributed by atoms with E-state index < -0.39 is 16.2 Å². The average molecular weight is 287 g/mol. The minimum atomic E-state index is -3.77. The Morgan fingerprint density at radius 3 is 2.47 bits per heavy atom. The minimum Gasteiger partial charge on any atom is -0.478 e. The third kappa shape index (κ3) is 3.36. The van der Waals surface area contributed by atoms with Crippen LogP contribution < -0.4 is 10.5 Å². The Hall–Kier alpha value is -1.80. The summed E-state index contributed by atoms with van der Waals surface area (Å²) in [6.07, 6.45) is 0. The third-order valence-corrected chi connectivity index (χ3v) is 4.34. The van der Waals surface area contributed by atoms with Gasteiger partial charge in [0.15, 0.2) is 0 Å². The van der Waals surface area contributed by atoms with E-state index in [-0.39, 0.29) is 23.0 Å². The number of carboxylic acids is 1. The van der Waals surface area contributed by atoms with E-state index in [4.69, 9.17) is 10.8 Å². The second-order valence-corrected chi connectivity index (χ2v) is 6.02. The molecule has 7 nitrogen and oxygen atoms in total. The Morgan fingerprint density at radius 2 is 2.00 bits per heavy atom. The zero-order chi connectivity index (χ0) is 14.8. The number of nitrogen functional groups attached to an aromatic ring is 1. The van der Waals surface area contributed by atoms with Gasteiger partial charge >= 0.3 is 16.2 Å². The number of anilines is 2. The predicted molar refractivity (Wildman–Crippen MR) is 73.3 cm³/mol. The molecule has 106 valence electrons. The Bertz CT molecular complexity index is 584. The van der Waals surface area contributed by atoms with Crippen LogP contribution >= 0.6 is 0 Å². The zero-order valence-electron chi connectivity index (χ0n) is 10.9. The van der Waals surface area contributed by atoms with Crippen LogP contribution in [0.15, 0.2) is 18.2 Å². The van der Waals surface area contributed by atoms with E-state index in [1.54, 1.807) is 13.8 Å². The Balaban J connectivity index is 3.14. The van der Waals surface area contributed by atoms with Gasteiger partial charge in [-0.25, -0.2) is 4.79 Å². The van der Waals surface area contributed by atoms with Crippen molar-refractivity contribution in [2.75, 3.05) is 17.5 Å². The number of carboxylic acid groups (broad SMARTS) is 1. The molecule has 1 aromatic rings. The molecule has 0 radical (unpaired) electrons. The normalized spacial score (nSPS) is 11.8. The molecular formula is C11H17N3O4S. The zero-order valence-corrected chi connectivity index (χ0v) is 11.7. The Kier molecular flexibility index (Phi) is 4.38. The third-order valence-electron chi connectivity index (χ3n) is 2.68. The fraction of sp³-hybridized carbons (Fsp3) is 0.364. The summed E-state index contributed by atoms with van der Waals surface area (Å²) >= 11 is 0. The summed E-state index contributed by atoms with van der Waals surface area (Å²) in [7, 11) is -2.35. The van der Waals surface area contributed by atoms with Crippen molar-refractivity contribution < 1.29 is 18.3 Å². The van der Waals surface area contributed by atoms with Crippen LogP contribution in [0.4, 0.5) is 11.4 Å². The molecule has 0 atom stereocenters. The number of hydrogen-bond donors (Lipinski definition) is 3. The molecule has 0 amide bonds. The molecule has 8 heteroatoms. The molecule has 1 rings (SSSR count). The molecule has 0 aliphatic rings. The van der Waals surface area contributed by atoms with Crippen molar-refractivity contribution in [1.29, 1.82) is 0 Å². The summed E-state index contributed by atoms with van der Waals surface area (Å²) in [4.78, 5) is 10.9. The molecule has 0 aromatic heterocycles. The van der Waals surface area contributed by atoms with E-state index in [0.717, 1.165) is 4.31 Å². The molecule has 4 N–H and O–H groups in total. The first-order chi connectivity index (χ1) is 8.66. The SMILES string of the molecule is CC(C)N(C)S(=O)(=O)Nc1cccc(C(=O)O)c1N. The number of hydrogen-bond acceptors (Lipinski definition) is 4. The molecule has 0 unspecified atom stereocenters. The topological polar surface area (TPSA) is 113 Å². The van der Waals surface area contributed by atoms with Gasteiger partial charge in [0, 0.05) is 13.1 Å². The molecule has 0 saturated heterocycles. The highest BCUT2D eigenvalue weighted by Gasteiger charge is 2.22. The maximum Gasteiger partial charge on any atom is 0.337 e. The fourth-order valence-corrected chi connectivity index (χ4v) is 2.48. The molecule has 0 bridgehead atoms. The van der Waals surface area contributed by atoms with Gasteiger partial charge in [0.1, 0.15) is 0 Å².